The summed E-state index contributed by atoms with van der Waals surface area (Å²) in [6.07, 6.45) is 5.33. The number of rotatable bonds is 0. The van der Waals surface area contributed by atoms with E-state index in [-0.39, 0.29) is 40.7 Å². The number of hydrogen-bond acceptors (Lipinski definition) is 0. The Bertz CT molecular complexity index is 580. The summed E-state index contributed by atoms with van der Waals surface area (Å²) < 4.78 is 0. The molecule has 0 radical (unpaired) electrons. The van der Waals surface area contributed by atoms with E-state index >= 15 is 0 Å². The van der Waals surface area contributed by atoms with Gasteiger partial charge in [-0.3, -0.25) is 6.08 Å². The molecule has 2 aromatic carbocycles. The van der Waals surface area contributed by atoms with Gasteiger partial charge in [0.05, 0.1) is 0 Å². The molecule has 1 unspecified atom stereocenters. The number of benzene rings is 1. The summed E-state index contributed by atoms with van der Waals surface area (Å²) in [6, 6.07) is 10.7. The molecule has 2 aromatic rings. The van der Waals surface area contributed by atoms with Gasteiger partial charge in [-0.2, -0.15) is 33.9 Å². The van der Waals surface area contributed by atoms with E-state index in [1.807, 2.05) is 0 Å². The van der Waals surface area contributed by atoms with Crippen molar-refractivity contribution in [1.29, 1.82) is 0 Å². The van der Waals surface area contributed by atoms with Gasteiger partial charge in [-0.1, -0.05) is 58.7 Å². The topological polar surface area (TPSA) is 0 Å². The first-order valence-electron chi connectivity index (χ1n) is 6.89. The van der Waals surface area contributed by atoms with Crippen molar-refractivity contribution < 1.29 is 25.8 Å². The fourth-order valence-corrected chi connectivity index (χ4v) is 2.47. The van der Waals surface area contributed by atoms with Gasteiger partial charge in [0.15, 0.2) is 0 Å². The maximum Gasteiger partial charge on any atom is 4.00 e. The molecular weight excluding hydrogens is 431 g/mol. The second-order valence-corrected chi connectivity index (χ2v) is 5.42. The Balaban J connectivity index is 0. The van der Waals surface area contributed by atoms with Crippen LogP contribution in [0.25, 0.3) is 6.08 Å². The molecule has 0 bridgehead atoms. The van der Waals surface area contributed by atoms with E-state index in [9.17, 15) is 0 Å². The largest absolute Gasteiger partial charge is 4.00 e. The van der Waals surface area contributed by atoms with Gasteiger partial charge in [-0.15, -0.1) is 11.6 Å². The summed E-state index contributed by atoms with van der Waals surface area (Å²) in [5, 5.41) is 0. The summed E-state index contributed by atoms with van der Waals surface area (Å²) in [4.78, 5) is 0. The van der Waals surface area contributed by atoms with Gasteiger partial charge < -0.3 is 14.9 Å². The summed E-state index contributed by atoms with van der Waals surface area (Å²) in [5.74, 6) is 0.496. The fraction of sp³-hybridized carbons (Fsp3) is 0.286. The monoisotopic (exact) mass is 460 g/mol. The summed E-state index contributed by atoms with van der Waals surface area (Å²) in [7, 11) is 0. The number of hydrogen-bond donors (Lipinski definition) is 0. The van der Waals surface area contributed by atoms with E-state index in [1.54, 1.807) is 0 Å². The van der Waals surface area contributed by atoms with Crippen LogP contribution in [0.15, 0.2) is 30.3 Å². The molecule has 0 N–H and O–H groups in total. The zero-order valence-corrected chi connectivity index (χ0v) is 18.6. The molecule has 0 spiro atoms. The Labute approximate surface area is 156 Å². The molecule has 0 amide bonds. The molecule has 0 heterocycles. The Morgan fingerprint density at radius 1 is 1.05 bits per heavy atom. The molecule has 0 saturated carbocycles. The predicted octanol–water partition coefficient (Wildman–Crippen LogP) is 6.16. The Morgan fingerprint density at radius 3 is 2.05 bits per heavy atom. The van der Waals surface area contributed by atoms with Gasteiger partial charge in [-0.05, 0) is 0 Å². The SMILES string of the molecule is CC1[C-]=Cc2ccccc21.Cc1c[c-](C)c(C)c1C.[CH3-].[CH3-].[Hf+4]. The van der Waals surface area contributed by atoms with Gasteiger partial charge in [-0.25, -0.2) is 6.08 Å². The first kappa shape index (κ1) is 23.4. The molecule has 0 saturated heterocycles. The van der Waals surface area contributed by atoms with Crippen LogP contribution in [0.2, 0.25) is 0 Å². The molecule has 3 rings (SSSR count). The molecule has 0 nitrogen and oxygen atoms in total. The average Bonchev–Trinajstić information content (AvgIpc) is 2.88. The van der Waals surface area contributed by atoms with Crippen molar-refractivity contribution in [2.75, 3.05) is 0 Å². The maximum absolute atomic E-state index is 3.26. The smallest absolute Gasteiger partial charge is 0.358 e. The van der Waals surface area contributed by atoms with Gasteiger partial charge >= 0.3 is 25.8 Å². The molecule has 1 aliphatic rings. The van der Waals surface area contributed by atoms with Crippen molar-refractivity contribution in [2.24, 2.45) is 0 Å². The van der Waals surface area contributed by atoms with Crippen LogP contribution in [0.1, 0.15) is 46.2 Å². The summed E-state index contributed by atoms with van der Waals surface area (Å²) in [6.45, 7) is 10.8. The van der Waals surface area contributed by atoms with E-state index in [0.717, 1.165) is 0 Å². The van der Waals surface area contributed by atoms with Crippen LogP contribution in [-0.2, 0) is 25.8 Å². The van der Waals surface area contributed by atoms with E-state index in [4.69, 9.17) is 0 Å². The molecule has 1 aliphatic carbocycles. The van der Waals surface area contributed by atoms with E-state index in [1.165, 1.54) is 33.4 Å². The minimum Gasteiger partial charge on any atom is -0.358 e. The Morgan fingerprint density at radius 2 is 1.64 bits per heavy atom. The van der Waals surface area contributed by atoms with Crippen LogP contribution in [0, 0.1) is 48.6 Å². The van der Waals surface area contributed by atoms with E-state index in [0.29, 0.717) is 5.92 Å². The van der Waals surface area contributed by atoms with E-state index < -0.39 is 0 Å². The molecule has 22 heavy (non-hydrogen) atoms. The van der Waals surface area contributed by atoms with Crippen LogP contribution in [0.5, 0.6) is 0 Å². The van der Waals surface area contributed by atoms with Gasteiger partial charge in [0, 0.05) is 0 Å². The normalized spacial score (nSPS) is 13.8. The van der Waals surface area contributed by atoms with Crippen molar-refractivity contribution in [3.8, 4) is 0 Å². The zero-order valence-electron chi connectivity index (χ0n) is 15.0. The third-order valence-electron chi connectivity index (χ3n) is 4.13. The third-order valence-corrected chi connectivity index (χ3v) is 4.13. The first-order chi connectivity index (χ1) is 9.00. The number of fused-ring (bicyclic) bond motifs is 1. The molecule has 1 heteroatoms. The minimum absolute atomic E-state index is 0. The maximum atomic E-state index is 3.26. The predicted molar refractivity (Wildman–Crippen MR) is 96.4 cm³/mol. The minimum atomic E-state index is 0. The number of allylic oxidation sites excluding steroid dienone is 1. The zero-order chi connectivity index (χ0) is 14.0. The molecule has 0 aromatic heterocycles. The van der Waals surface area contributed by atoms with Gasteiger partial charge in [0.25, 0.3) is 0 Å². The van der Waals surface area contributed by atoms with Gasteiger partial charge in [0.2, 0.25) is 0 Å². The van der Waals surface area contributed by atoms with Crippen LogP contribution in [0.3, 0.4) is 0 Å². The Kier molecular flexibility index (Phi) is 10.7. The van der Waals surface area contributed by atoms with Crippen LogP contribution >= 0.6 is 0 Å². The standard InChI is InChI=1S/C10H9.C9H13.2CH3.Hf/c1-8-6-7-9-4-2-3-5-10(8)9;1-6-5-7(2)9(4)8(6)3;;;/h2-5,7-8H,1H3;5H,1-4H3;2*1H3;/q4*-1;+4. The summed E-state index contributed by atoms with van der Waals surface area (Å²) >= 11 is 0. The first-order valence-corrected chi connectivity index (χ1v) is 6.89. The van der Waals surface area contributed by atoms with Crippen molar-refractivity contribution in [1.82, 2.24) is 0 Å². The second kappa shape index (κ2) is 10.0. The Hall–Kier alpha value is -0.820. The second-order valence-electron chi connectivity index (χ2n) is 5.42. The van der Waals surface area contributed by atoms with Crippen molar-refractivity contribution in [3.05, 3.63) is 84.6 Å². The van der Waals surface area contributed by atoms with Crippen molar-refractivity contribution in [2.45, 2.75) is 40.5 Å². The molecule has 0 fully saturated rings. The molecular formula is C21H28Hf. The fourth-order valence-electron chi connectivity index (χ4n) is 2.47. The van der Waals surface area contributed by atoms with Crippen LogP contribution in [-0.4, -0.2) is 0 Å². The third kappa shape index (κ3) is 5.12. The average molecular weight is 459 g/mol. The quantitative estimate of drug-likeness (QED) is 0.328. The van der Waals surface area contributed by atoms with Crippen LogP contribution < -0.4 is 0 Å². The molecule has 0 aliphatic heterocycles. The molecule has 1 atom stereocenters. The van der Waals surface area contributed by atoms with E-state index in [2.05, 4.69) is 77.1 Å². The summed E-state index contributed by atoms with van der Waals surface area (Å²) in [5.41, 5.74) is 8.48. The van der Waals surface area contributed by atoms with Crippen molar-refractivity contribution >= 4 is 6.08 Å². The molecule has 116 valence electrons. The van der Waals surface area contributed by atoms with Gasteiger partial charge in [0.1, 0.15) is 0 Å². The number of aryl methyl sites for hydroxylation is 2. The van der Waals surface area contributed by atoms with Crippen molar-refractivity contribution in [3.63, 3.8) is 0 Å². The van der Waals surface area contributed by atoms with Crippen LogP contribution in [0.4, 0.5) is 0 Å².